The van der Waals surface area contributed by atoms with Crippen LogP contribution >= 0.6 is 22.9 Å². The minimum Gasteiger partial charge on any atom is -0.478 e. The highest BCUT2D eigenvalue weighted by Gasteiger charge is 2.20. The molecule has 0 aliphatic carbocycles. The van der Waals surface area contributed by atoms with Gasteiger partial charge in [0.1, 0.15) is 0 Å². The number of hydrogen-bond acceptors (Lipinski definition) is 5. The molecule has 0 spiro atoms. The van der Waals surface area contributed by atoms with E-state index in [2.05, 4.69) is 29.4 Å². The van der Waals surface area contributed by atoms with Crippen LogP contribution in [0.5, 0.6) is 0 Å². The molecule has 1 aliphatic heterocycles. The Bertz CT molecular complexity index is 927. The summed E-state index contributed by atoms with van der Waals surface area (Å²) in [6, 6.07) is 5.79. The lowest BCUT2D eigenvalue weighted by atomic mass is 10.1. The van der Waals surface area contributed by atoms with Gasteiger partial charge in [-0.1, -0.05) is 48.6 Å². The number of piperazine rings is 1. The van der Waals surface area contributed by atoms with Gasteiger partial charge in [-0.25, -0.2) is 9.78 Å². The third-order valence-corrected chi connectivity index (χ3v) is 5.98. The largest absolute Gasteiger partial charge is 0.478 e. The Morgan fingerprint density at radius 2 is 2.11 bits per heavy atom. The Hall–Kier alpha value is -2.15. The van der Waals surface area contributed by atoms with E-state index in [9.17, 15) is 9.90 Å². The Labute approximate surface area is 174 Å². The first kappa shape index (κ1) is 20.6. The first-order valence-corrected chi connectivity index (χ1v) is 10.5. The lowest BCUT2D eigenvalue weighted by molar-refractivity contribution is -0.132. The number of carbonyl (C=O) groups is 1. The van der Waals surface area contributed by atoms with Gasteiger partial charge in [0.05, 0.1) is 15.8 Å². The van der Waals surface area contributed by atoms with E-state index in [1.165, 1.54) is 6.08 Å². The molecule has 148 valence electrons. The molecule has 2 aromatic rings. The van der Waals surface area contributed by atoms with Crippen LogP contribution in [0.15, 0.2) is 54.2 Å². The van der Waals surface area contributed by atoms with Gasteiger partial charge in [-0.05, 0) is 36.3 Å². The molecule has 5 nitrogen and oxygen atoms in total. The maximum atomic E-state index is 11.3. The van der Waals surface area contributed by atoms with E-state index in [1.807, 2.05) is 18.2 Å². The predicted octanol–water partition coefficient (Wildman–Crippen LogP) is 4.61. The van der Waals surface area contributed by atoms with Crippen molar-refractivity contribution in [3.05, 3.63) is 59.2 Å². The monoisotopic (exact) mass is 417 g/mol. The molecule has 0 amide bonds. The molecule has 1 fully saturated rings. The van der Waals surface area contributed by atoms with E-state index in [-0.39, 0.29) is 5.57 Å². The van der Waals surface area contributed by atoms with Gasteiger partial charge in [0.15, 0.2) is 5.13 Å². The fourth-order valence-electron chi connectivity index (χ4n) is 3.22. The number of aromatic nitrogens is 1. The second-order valence-electron chi connectivity index (χ2n) is 6.67. The standard InChI is InChI=1S/C21H24ClN3O2S/c1-3-5-15(12-16(4-2)20(26)27)14-24-8-10-25(11-9-24)21-23-18-7-6-17(22)13-19(18)28-21/h4-7,12-13H,2-3,8-11,14H2,1H3,(H,26,27)/b15-5+,16-12+. The van der Waals surface area contributed by atoms with Crippen molar-refractivity contribution in [2.75, 3.05) is 37.6 Å². The number of rotatable bonds is 7. The molecule has 0 bridgehead atoms. The number of hydrogen-bond donors (Lipinski definition) is 1. The summed E-state index contributed by atoms with van der Waals surface area (Å²) in [5.41, 5.74) is 2.23. The number of nitrogens with zero attached hydrogens (tertiary/aromatic N) is 3. The summed E-state index contributed by atoms with van der Waals surface area (Å²) >= 11 is 7.75. The van der Waals surface area contributed by atoms with Crippen LogP contribution in [0.1, 0.15) is 13.3 Å². The van der Waals surface area contributed by atoms with Gasteiger partial charge < -0.3 is 10.0 Å². The van der Waals surface area contributed by atoms with Crippen molar-refractivity contribution in [2.24, 2.45) is 0 Å². The molecule has 1 aromatic carbocycles. The molecule has 1 aromatic heterocycles. The molecule has 3 rings (SSSR count). The van der Waals surface area contributed by atoms with Crippen molar-refractivity contribution >= 4 is 44.3 Å². The SMILES string of the molecule is C=C/C(=C\C(=C/CC)CN1CCN(c2nc3ccc(Cl)cc3s2)CC1)C(=O)O. The summed E-state index contributed by atoms with van der Waals surface area (Å²) in [5, 5.41) is 11.0. The van der Waals surface area contributed by atoms with Crippen molar-refractivity contribution in [1.82, 2.24) is 9.88 Å². The Morgan fingerprint density at radius 3 is 2.75 bits per heavy atom. The number of halogens is 1. The highest BCUT2D eigenvalue weighted by atomic mass is 35.5. The average Bonchev–Trinajstić information content (AvgIpc) is 3.09. The molecule has 1 N–H and O–H groups in total. The molecular weight excluding hydrogens is 394 g/mol. The molecule has 0 saturated carbocycles. The van der Waals surface area contributed by atoms with Gasteiger partial charge in [0.2, 0.25) is 0 Å². The van der Waals surface area contributed by atoms with Gasteiger partial charge in [-0.2, -0.15) is 0 Å². The number of anilines is 1. The van der Waals surface area contributed by atoms with E-state index in [0.717, 1.165) is 65.1 Å². The summed E-state index contributed by atoms with van der Waals surface area (Å²) < 4.78 is 1.11. The van der Waals surface area contributed by atoms with Gasteiger partial charge in [-0.15, -0.1) is 0 Å². The van der Waals surface area contributed by atoms with Gasteiger partial charge >= 0.3 is 5.97 Å². The number of thiazole rings is 1. The molecule has 28 heavy (non-hydrogen) atoms. The highest BCUT2D eigenvalue weighted by Crippen LogP contribution is 2.31. The second-order valence-corrected chi connectivity index (χ2v) is 8.11. The third-order valence-electron chi connectivity index (χ3n) is 4.66. The van der Waals surface area contributed by atoms with Crippen LogP contribution in [0.25, 0.3) is 10.2 Å². The summed E-state index contributed by atoms with van der Waals surface area (Å²) in [7, 11) is 0. The van der Waals surface area contributed by atoms with Crippen LogP contribution in [0, 0.1) is 0 Å². The molecule has 0 radical (unpaired) electrons. The molecule has 7 heteroatoms. The first-order chi connectivity index (χ1) is 13.5. The van der Waals surface area contributed by atoms with Crippen LogP contribution in [0.3, 0.4) is 0 Å². The highest BCUT2D eigenvalue weighted by molar-refractivity contribution is 7.22. The number of benzene rings is 1. The normalized spacial score (nSPS) is 16.6. The molecule has 0 atom stereocenters. The second kappa shape index (κ2) is 9.37. The summed E-state index contributed by atoms with van der Waals surface area (Å²) in [4.78, 5) is 20.6. The lowest BCUT2D eigenvalue weighted by Gasteiger charge is -2.34. The van der Waals surface area contributed by atoms with E-state index in [1.54, 1.807) is 17.4 Å². The Balaban J connectivity index is 1.64. The van der Waals surface area contributed by atoms with Gasteiger partial charge in [-0.3, -0.25) is 4.90 Å². The molecule has 1 saturated heterocycles. The van der Waals surface area contributed by atoms with Crippen molar-refractivity contribution < 1.29 is 9.90 Å². The zero-order valence-corrected chi connectivity index (χ0v) is 17.5. The van der Waals surface area contributed by atoms with E-state index in [0.29, 0.717) is 0 Å². The number of carboxylic acids is 1. The number of aliphatic carboxylic acids is 1. The molecule has 0 unspecified atom stereocenters. The fourth-order valence-corrected chi connectivity index (χ4v) is 4.51. The van der Waals surface area contributed by atoms with Crippen molar-refractivity contribution in [3.8, 4) is 0 Å². The summed E-state index contributed by atoms with van der Waals surface area (Å²) in [6.45, 7) is 9.99. The van der Waals surface area contributed by atoms with Crippen LogP contribution in [0.2, 0.25) is 5.02 Å². The first-order valence-electron chi connectivity index (χ1n) is 9.30. The van der Waals surface area contributed by atoms with Crippen LogP contribution in [-0.4, -0.2) is 53.7 Å². The number of fused-ring (bicyclic) bond motifs is 1. The smallest absolute Gasteiger partial charge is 0.335 e. The molecular formula is C21H24ClN3O2S. The Kier molecular flexibility index (Phi) is 6.88. The zero-order chi connectivity index (χ0) is 20.1. The molecule has 1 aliphatic rings. The van der Waals surface area contributed by atoms with Crippen LogP contribution in [-0.2, 0) is 4.79 Å². The lowest BCUT2D eigenvalue weighted by Crippen LogP contribution is -2.46. The van der Waals surface area contributed by atoms with E-state index < -0.39 is 5.97 Å². The van der Waals surface area contributed by atoms with E-state index >= 15 is 0 Å². The quantitative estimate of drug-likeness (QED) is 0.526. The zero-order valence-electron chi connectivity index (χ0n) is 15.9. The maximum Gasteiger partial charge on any atom is 0.335 e. The summed E-state index contributed by atoms with van der Waals surface area (Å²) in [6.07, 6.45) is 6.06. The van der Waals surface area contributed by atoms with Crippen molar-refractivity contribution in [1.29, 1.82) is 0 Å². The van der Waals surface area contributed by atoms with Crippen LogP contribution < -0.4 is 4.90 Å². The van der Waals surface area contributed by atoms with Crippen molar-refractivity contribution in [2.45, 2.75) is 13.3 Å². The maximum absolute atomic E-state index is 11.3. The van der Waals surface area contributed by atoms with Gasteiger partial charge in [0, 0.05) is 37.7 Å². The minimum atomic E-state index is -0.947. The Morgan fingerprint density at radius 1 is 1.36 bits per heavy atom. The van der Waals surface area contributed by atoms with Gasteiger partial charge in [0.25, 0.3) is 0 Å². The van der Waals surface area contributed by atoms with E-state index in [4.69, 9.17) is 16.6 Å². The topological polar surface area (TPSA) is 56.7 Å². The minimum absolute atomic E-state index is 0.228. The van der Waals surface area contributed by atoms with Crippen molar-refractivity contribution in [3.63, 3.8) is 0 Å². The van der Waals surface area contributed by atoms with Crippen LogP contribution in [0.4, 0.5) is 5.13 Å². The third kappa shape index (κ3) is 5.01. The number of carboxylic acid groups (broad SMARTS) is 1. The molecule has 2 heterocycles. The summed E-state index contributed by atoms with van der Waals surface area (Å²) in [5.74, 6) is -0.947. The number of allylic oxidation sites excluding steroid dienone is 1. The predicted molar refractivity (Wildman–Crippen MR) is 118 cm³/mol. The average molecular weight is 418 g/mol. The fraction of sp³-hybridized carbons (Fsp3) is 0.333.